The van der Waals surface area contributed by atoms with Crippen LogP contribution in [-0.2, 0) is 4.79 Å². The number of aryl methyl sites for hydroxylation is 1. The minimum absolute atomic E-state index is 0.0806. The summed E-state index contributed by atoms with van der Waals surface area (Å²) in [6.45, 7) is 5.25. The van der Waals surface area contributed by atoms with Crippen molar-refractivity contribution in [2.24, 2.45) is 5.92 Å². The predicted molar refractivity (Wildman–Crippen MR) is 89.9 cm³/mol. The molecule has 2 rings (SSSR count). The van der Waals surface area contributed by atoms with Crippen LogP contribution in [0, 0.1) is 12.8 Å². The molecule has 0 bridgehead atoms. The zero-order valence-electron chi connectivity index (χ0n) is 13.8. The van der Waals surface area contributed by atoms with Gasteiger partial charge in [-0.25, -0.2) is 4.79 Å². The molecule has 1 saturated carbocycles. The highest BCUT2D eigenvalue weighted by Crippen LogP contribution is 2.25. The Morgan fingerprint density at radius 1 is 1.35 bits per heavy atom. The van der Waals surface area contributed by atoms with Gasteiger partial charge in [0.25, 0.3) is 0 Å². The lowest BCUT2D eigenvalue weighted by Gasteiger charge is -2.29. The van der Waals surface area contributed by atoms with Gasteiger partial charge in [0.1, 0.15) is 5.03 Å². The number of ketones is 1. The second-order valence-electron chi connectivity index (χ2n) is 6.13. The molecule has 2 atom stereocenters. The summed E-state index contributed by atoms with van der Waals surface area (Å²) in [5.41, 5.74) is 0.367. The van der Waals surface area contributed by atoms with Gasteiger partial charge < -0.3 is 10.3 Å². The third-order valence-electron chi connectivity index (χ3n) is 4.24. The molecule has 1 aliphatic carbocycles. The third-order valence-corrected chi connectivity index (χ3v) is 5.21. The van der Waals surface area contributed by atoms with E-state index in [2.05, 4.69) is 22.2 Å². The van der Waals surface area contributed by atoms with Crippen molar-refractivity contribution in [1.29, 1.82) is 0 Å². The number of H-pyrrole nitrogens is 1. The fraction of sp³-hybridized carbons (Fsp3) is 0.625. The normalized spacial score (nSPS) is 21.0. The second kappa shape index (κ2) is 7.77. The first-order chi connectivity index (χ1) is 10.9. The molecule has 0 aromatic carbocycles. The van der Waals surface area contributed by atoms with E-state index in [0.717, 1.165) is 31.0 Å². The molecule has 1 amide bonds. The molecule has 1 aromatic rings. The Morgan fingerprint density at radius 3 is 2.70 bits per heavy atom. The summed E-state index contributed by atoms with van der Waals surface area (Å²) < 4.78 is 0. The summed E-state index contributed by atoms with van der Waals surface area (Å²) in [5, 5.41) is 3.38. The molecule has 0 radical (unpaired) electrons. The lowest BCUT2D eigenvalue weighted by atomic mass is 9.86. The minimum Gasteiger partial charge on any atom is -0.352 e. The van der Waals surface area contributed by atoms with Gasteiger partial charge >= 0.3 is 5.69 Å². The molecule has 1 aromatic heterocycles. The number of carbonyl (C=O) groups is 2. The van der Waals surface area contributed by atoms with Crippen LogP contribution in [0.5, 0.6) is 0 Å². The van der Waals surface area contributed by atoms with Crippen molar-refractivity contribution in [3.63, 3.8) is 0 Å². The Hall–Kier alpha value is -1.63. The SMILES string of the molecule is CC(=O)c1c(SCC(=O)N[C@@H]2CCCC[C@H]2C)nc(=O)[nH]c1C. The van der Waals surface area contributed by atoms with Crippen molar-refractivity contribution in [3.8, 4) is 0 Å². The maximum atomic E-state index is 12.2. The van der Waals surface area contributed by atoms with Crippen LogP contribution in [0.15, 0.2) is 9.82 Å². The first-order valence-corrected chi connectivity index (χ1v) is 8.91. The highest BCUT2D eigenvalue weighted by Gasteiger charge is 2.23. The molecule has 23 heavy (non-hydrogen) atoms. The van der Waals surface area contributed by atoms with E-state index in [9.17, 15) is 14.4 Å². The zero-order valence-corrected chi connectivity index (χ0v) is 14.6. The molecule has 0 unspecified atom stereocenters. The van der Waals surface area contributed by atoms with Crippen LogP contribution < -0.4 is 11.0 Å². The van der Waals surface area contributed by atoms with E-state index in [1.807, 2.05) is 0 Å². The zero-order chi connectivity index (χ0) is 17.0. The van der Waals surface area contributed by atoms with E-state index in [4.69, 9.17) is 0 Å². The number of rotatable bonds is 5. The highest BCUT2D eigenvalue weighted by molar-refractivity contribution is 8.00. The Morgan fingerprint density at radius 2 is 2.04 bits per heavy atom. The molecule has 1 heterocycles. The van der Waals surface area contributed by atoms with Crippen LogP contribution in [0.3, 0.4) is 0 Å². The van der Waals surface area contributed by atoms with E-state index in [0.29, 0.717) is 22.2 Å². The standard InChI is InChI=1S/C16H23N3O3S/c1-9-6-4-5-7-12(9)18-13(21)8-23-15-14(11(3)20)10(2)17-16(22)19-15/h9,12H,4-8H2,1-3H3,(H,18,21)(H,17,19,22)/t9-,12-/m1/s1. The highest BCUT2D eigenvalue weighted by atomic mass is 32.2. The number of aromatic nitrogens is 2. The monoisotopic (exact) mass is 337 g/mol. The number of hydrogen-bond acceptors (Lipinski definition) is 5. The van der Waals surface area contributed by atoms with Crippen molar-refractivity contribution in [1.82, 2.24) is 15.3 Å². The van der Waals surface area contributed by atoms with E-state index < -0.39 is 5.69 Å². The molecule has 1 fully saturated rings. The Bertz CT molecular complexity index is 656. The maximum absolute atomic E-state index is 12.2. The van der Waals surface area contributed by atoms with Crippen molar-refractivity contribution >= 4 is 23.5 Å². The van der Waals surface area contributed by atoms with Gasteiger partial charge in [-0.3, -0.25) is 9.59 Å². The number of thioether (sulfide) groups is 1. The Labute approximate surface area is 139 Å². The summed E-state index contributed by atoms with van der Waals surface area (Å²) in [7, 11) is 0. The summed E-state index contributed by atoms with van der Waals surface area (Å²) in [6, 6.07) is 0.220. The van der Waals surface area contributed by atoms with E-state index in [-0.39, 0.29) is 23.5 Å². The van der Waals surface area contributed by atoms with Crippen molar-refractivity contribution in [3.05, 3.63) is 21.7 Å². The van der Waals surface area contributed by atoms with Crippen molar-refractivity contribution < 1.29 is 9.59 Å². The lowest BCUT2D eigenvalue weighted by Crippen LogP contribution is -2.41. The smallest absolute Gasteiger partial charge is 0.346 e. The van der Waals surface area contributed by atoms with Crippen LogP contribution >= 0.6 is 11.8 Å². The number of hydrogen-bond donors (Lipinski definition) is 2. The molecule has 0 spiro atoms. The molecule has 126 valence electrons. The van der Waals surface area contributed by atoms with Crippen LogP contribution in [0.2, 0.25) is 0 Å². The molecular formula is C16H23N3O3S. The van der Waals surface area contributed by atoms with Crippen molar-refractivity contribution in [2.75, 3.05) is 5.75 Å². The summed E-state index contributed by atoms with van der Waals surface area (Å²) >= 11 is 1.14. The first-order valence-electron chi connectivity index (χ1n) is 7.92. The van der Waals surface area contributed by atoms with Gasteiger partial charge in [0, 0.05) is 11.7 Å². The van der Waals surface area contributed by atoms with Gasteiger partial charge in [0.2, 0.25) is 5.91 Å². The third kappa shape index (κ3) is 4.67. The quantitative estimate of drug-likeness (QED) is 0.487. The van der Waals surface area contributed by atoms with Gasteiger partial charge in [0.05, 0.1) is 11.3 Å². The van der Waals surface area contributed by atoms with E-state index in [1.54, 1.807) is 6.92 Å². The number of amides is 1. The molecule has 1 aliphatic rings. The molecule has 0 aliphatic heterocycles. The second-order valence-corrected chi connectivity index (χ2v) is 7.09. The lowest BCUT2D eigenvalue weighted by molar-refractivity contribution is -0.119. The topological polar surface area (TPSA) is 91.9 Å². The van der Waals surface area contributed by atoms with Crippen LogP contribution in [0.4, 0.5) is 0 Å². The van der Waals surface area contributed by atoms with Gasteiger partial charge in [-0.05, 0) is 32.6 Å². The van der Waals surface area contributed by atoms with E-state index in [1.165, 1.54) is 13.3 Å². The number of nitrogens with zero attached hydrogens (tertiary/aromatic N) is 1. The molecular weight excluding hydrogens is 314 g/mol. The molecule has 7 heteroatoms. The minimum atomic E-state index is -0.503. The largest absolute Gasteiger partial charge is 0.352 e. The van der Waals surface area contributed by atoms with Crippen LogP contribution in [-0.4, -0.2) is 33.5 Å². The fourth-order valence-electron chi connectivity index (χ4n) is 2.99. The number of carbonyl (C=O) groups excluding carboxylic acids is 2. The number of aromatic amines is 1. The predicted octanol–water partition coefficient (Wildman–Crippen LogP) is 2.07. The molecule has 6 nitrogen and oxygen atoms in total. The van der Waals surface area contributed by atoms with Gasteiger partial charge in [-0.1, -0.05) is 31.5 Å². The Kier molecular flexibility index (Phi) is 5.98. The van der Waals surface area contributed by atoms with Gasteiger partial charge in [0.15, 0.2) is 5.78 Å². The first kappa shape index (κ1) is 17.7. The average molecular weight is 337 g/mol. The van der Waals surface area contributed by atoms with Gasteiger partial charge in [-0.2, -0.15) is 4.98 Å². The molecule has 2 N–H and O–H groups in total. The Balaban J connectivity index is 2.01. The van der Waals surface area contributed by atoms with Crippen LogP contribution in [0.25, 0.3) is 0 Å². The number of nitrogens with one attached hydrogen (secondary N) is 2. The maximum Gasteiger partial charge on any atom is 0.346 e. The van der Waals surface area contributed by atoms with Gasteiger partial charge in [-0.15, -0.1) is 0 Å². The summed E-state index contributed by atoms with van der Waals surface area (Å²) in [5.74, 6) is 0.391. The molecule has 0 saturated heterocycles. The van der Waals surface area contributed by atoms with Crippen molar-refractivity contribution in [2.45, 2.75) is 57.5 Å². The van der Waals surface area contributed by atoms with E-state index >= 15 is 0 Å². The summed E-state index contributed by atoms with van der Waals surface area (Å²) in [4.78, 5) is 41.7. The fourth-order valence-corrected chi connectivity index (χ4v) is 3.93. The average Bonchev–Trinajstić information content (AvgIpc) is 2.46. The number of Topliss-reactive ketones (excluding diaryl/α,β-unsaturated/α-hetero) is 1. The summed E-state index contributed by atoms with van der Waals surface area (Å²) in [6.07, 6.45) is 4.52. The van der Waals surface area contributed by atoms with Crippen LogP contribution in [0.1, 0.15) is 55.6 Å².